The first-order valence-electron chi connectivity index (χ1n) is 5.81. The maximum Gasteiger partial charge on any atom is 0.00950 e. The van der Waals surface area contributed by atoms with Crippen molar-refractivity contribution >= 4 is 0 Å². The molecular weight excluding hydrogens is 158 g/mol. The summed E-state index contributed by atoms with van der Waals surface area (Å²) in [5, 5.41) is 0. The van der Waals surface area contributed by atoms with Crippen LogP contribution in [-0.4, -0.2) is 24.0 Å². The van der Waals surface area contributed by atoms with Crippen molar-refractivity contribution in [3.63, 3.8) is 0 Å². The lowest BCUT2D eigenvalue weighted by atomic mass is 10.0. The van der Waals surface area contributed by atoms with Crippen LogP contribution in [0.1, 0.15) is 53.4 Å². The number of hydrogen-bond acceptors (Lipinski definition) is 1. The molecule has 1 atom stereocenters. The molecule has 0 aromatic carbocycles. The second kappa shape index (κ2) is 8.55. The predicted octanol–water partition coefficient (Wildman–Crippen LogP) is 3.50. The van der Waals surface area contributed by atoms with E-state index in [4.69, 9.17) is 0 Å². The fraction of sp³-hybridized carbons (Fsp3) is 0.917. The van der Waals surface area contributed by atoms with Crippen LogP contribution in [0.2, 0.25) is 0 Å². The van der Waals surface area contributed by atoms with Crippen LogP contribution >= 0.6 is 0 Å². The van der Waals surface area contributed by atoms with Gasteiger partial charge in [-0.25, -0.2) is 0 Å². The van der Waals surface area contributed by atoms with Gasteiger partial charge in [-0.05, 0) is 38.8 Å². The average Bonchev–Trinajstić information content (AvgIpc) is 2.16. The quantitative estimate of drug-likeness (QED) is 0.558. The van der Waals surface area contributed by atoms with E-state index in [1.165, 1.54) is 38.8 Å². The van der Waals surface area contributed by atoms with Gasteiger partial charge in [-0.15, -0.1) is 0 Å². The van der Waals surface area contributed by atoms with Gasteiger partial charge in [0.1, 0.15) is 0 Å². The van der Waals surface area contributed by atoms with Gasteiger partial charge in [0.05, 0.1) is 0 Å². The van der Waals surface area contributed by atoms with E-state index >= 15 is 0 Å². The van der Waals surface area contributed by atoms with Crippen LogP contribution in [0.3, 0.4) is 0 Å². The van der Waals surface area contributed by atoms with Crippen molar-refractivity contribution < 1.29 is 0 Å². The molecule has 0 saturated carbocycles. The Bertz CT molecular complexity index is 97.3. The van der Waals surface area contributed by atoms with Crippen LogP contribution in [0.25, 0.3) is 0 Å². The lowest BCUT2D eigenvalue weighted by Crippen LogP contribution is -2.34. The molecule has 13 heavy (non-hydrogen) atoms. The summed E-state index contributed by atoms with van der Waals surface area (Å²) in [5.41, 5.74) is 0. The number of rotatable bonds is 8. The highest BCUT2D eigenvalue weighted by Gasteiger charge is 2.13. The standard InChI is InChI=1S/C12H26N/c1-5-9-11-12(10-6-2)13(7-3)8-4/h5,12H,6-11H2,1-4H3. The molecule has 0 heterocycles. The molecule has 0 aliphatic carbocycles. The summed E-state index contributed by atoms with van der Waals surface area (Å²) in [5.74, 6) is 0. The van der Waals surface area contributed by atoms with Gasteiger partial charge >= 0.3 is 0 Å². The van der Waals surface area contributed by atoms with E-state index in [9.17, 15) is 0 Å². The SMILES string of the molecule is C[CH]CCC(CCC)N(CC)CC. The largest absolute Gasteiger partial charge is 0.301 e. The fourth-order valence-electron chi connectivity index (χ4n) is 1.94. The second-order valence-corrected chi connectivity index (χ2v) is 3.65. The van der Waals surface area contributed by atoms with Crippen molar-refractivity contribution in [3.8, 4) is 0 Å². The Morgan fingerprint density at radius 2 is 1.69 bits per heavy atom. The normalized spacial score (nSPS) is 13.6. The summed E-state index contributed by atoms with van der Waals surface area (Å²) < 4.78 is 0. The van der Waals surface area contributed by atoms with Crippen molar-refractivity contribution in [3.05, 3.63) is 6.42 Å². The molecule has 0 bridgehead atoms. The highest BCUT2D eigenvalue weighted by Crippen LogP contribution is 2.13. The van der Waals surface area contributed by atoms with E-state index < -0.39 is 0 Å². The molecule has 0 spiro atoms. The van der Waals surface area contributed by atoms with Gasteiger partial charge in [-0.2, -0.15) is 0 Å². The molecule has 1 unspecified atom stereocenters. The number of hydrogen-bond donors (Lipinski definition) is 0. The Morgan fingerprint density at radius 3 is 2.08 bits per heavy atom. The summed E-state index contributed by atoms with van der Waals surface area (Å²) in [6.07, 6.45) is 7.56. The van der Waals surface area contributed by atoms with Gasteiger partial charge in [-0.3, -0.25) is 0 Å². The molecule has 1 heteroatoms. The average molecular weight is 184 g/mol. The van der Waals surface area contributed by atoms with Gasteiger partial charge < -0.3 is 4.90 Å². The fourth-order valence-corrected chi connectivity index (χ4v) is 1.94. The third-order valence-electron chi connectivity index (χ3n) is 2.74. The lowest BCUT2D eigenvalue weighted by Gasteiger charge is -2.29. The van der Waals surface area contributed by atoms with Gasteiger partial charge in [-0.1, -0.05) is 34.1 Å². The van der Waals surface area contributed by atoms with Crippen LogP contribution in [-0.2, 0) is 0 Å². The molecule has 0 aliphatic heterocycles. The Hall–Kier alpha value is -0.0400. The van der Waals surface area contributed by atoms with E-state index in [2.05, 4.69) is 39.0 Å². The zero-order chi connectivity index (χ0) is 10.1. The minimum Gasteiger partial charge on any atom is -0.301 e. The zero-order valence-electron chi connectivity index (χ0n) is 9.84. The summed E-state index contributed by atoms with van der Waals surface area (Å²) in [6, 6.07) is 0.816. The summed E-state index contributed by atoms with van der Waals surface area (Å²) >= 11 is 0. The first-order chi connectivity index (χ1) is 6.29. The molecule has 0 amide bonds. The van der Waals surface area contributed by atoms with Crippen LogP contribution < -0.4 is 0 Å². The Balaban J connectivity index is 3.88. The molecule has 0 saturated heterocycles. The third kappa shape index (κ3) is 5.30. The van der Waals surface area contributed by atoms with Crippen LogP contribution in [0.5, 0.6) is 0 Å². The van der Waals surface area contributed by atoms with E-state index in [0.29, 0.717) is 0 Å². The minimum absolute atomic E-state index is 0.816. The summed E-state index contributed by atoms with van der Waals surface area (Å²) in [4.78, 5) is 2.59. The van der Waals surface area contributed by atoms with Gasteiger partial charge in [0.2, 0.25) is 0 Å². The predicted molar refractivity (Wildman–Crippen MR) is 60.8 cm³/mol. The van der Waals surface area contributed by atoms with Gasteiger partial charge in [0.25, 0.3) is 0 Å². The Labute approximate surface area is 84.5 Å². The molecule has 1 radical (unpaired) electrons. The number of unbranched alkanes of at least 4 members (excludes halogenated alkanes) is 1. The van der Waals surface area contributed by atoms with Gasteiger partial charge in [0, 0.05) is 6.04 Å². The van der Waals surface area contributed by atoms with Crippen molar-refractivity contribution in [1.29, 1.82) is 0 Å². The van der Waals surface area contributed by atoms with E-state index in [0.717, 1.165) is 6.04 Å². The molecule has 0 aromatic heterocycles. The first kappa shape index (κ1) is 13.0. The molecular formula is C12H26N. The smallest absolute Gasteiger partial charge is 0.00950 e. The van der Waals surface area contributed by atoms with Crippen molar-refractivity contribution in [2.45, 2.75) is 59.4 Å². The second-order valence-electron chi connectivity index (χ2n) is 3.65. The van der Waals surface area contributed by atoms with E-state index in [1.807, 2.05) is 0 Å². The number of nitrogens with zero attached hydrogens (tertiary/aromatic N) is 1. The van der Waals surface area contributed by atoms with Crippen molar-refractivity contribution in [2.75, 3.05) is 13.1 Å². The Kier molecular flexibility index (Phi) is 8.53. The minimum atomic E-state index is 0.816. The molecule has 79 valence electrons. The molecule has 0 N–H and O–H groups in total. The van der Waals surface area contributed by atoms with E-state index in [1.54, 1.807) is 0 Å². The topological polar surface area (TPSA) is 3.24 Å². The third-order valence-corrected chi connectivity index (χ3v) is 2.74. The Morgan fingerprint density at radius 1 is 1.08 bits per heavy atom. The zero-order valence-corrected chi connectivity index (χ0v) is 9.84. The summed E-state index contributed by atoms with van der Waals surface area (Å²) in [6.45, 7) is 11.4. The van der Waals surface area contributed by atoms with Crippen molar-refractivity contribution in [2.24, 2.45) is 0 Å². The molecule has 0 aliphatic rings. The van der Waals surface area contributed by atoms with Crippen LogP contribution in [0.4, 0.5) is 0 Å². The maximum atomic E-state index is 2.59. The maximum absolute atomic E-state index is 2.59. The highest BCUT2D eigenvalue weighted by molar-refractivity contribution is 4.72. The van der Waals surface area contributed by atoms with E-state index in [-0.39, 0.29) is 0 Å². The van der Waals surface area contributed by atoms with Crippen molar-refractivity contribution in [1.82, 2.24) is 4.90 Å². The summed E-state index contributed by atoms with van der Waals surface area (Å²) in [7, 11) is 0. The van der Waals surface area contributed by atoms with Gasteiger partial charge in [0.15, 0.2) is 0 Å². The first-order valence-corrected chi connectivity index (χ1v) is 5.81. The molecule has 0 aromatic rings. The van der Waals surface area contributed by atoms with Crippen LogP contribution in [0.15, 0.2) is 0 Å². The molecule has 0 fully saturated rings. The molecule has 0 rings (SSSR count). The highest BCUT2D eigenvalue weighted by atomic mass is 15.1. The lowest BCUT2D eigenvalue weighted by molar-refractivity contribution is 0.194. The monoisotopic (exact) mass is 184 g/mol. The van der Waals surface area contributed by atoms with Crippen LogP contribution in [0, 0.1) is 6.42 Å². The molecule has 1 nitrogen and oxygen atoms in total.